The van der Waals surface area contributed by atoms with Gasteiger partial charge in [0.05, 0.1) is 16.1 Å². The Balaban J connectivity index is 1.44. The van der Waals surface area contributed by atoms with Crippen LogP contribution in [0.3, 0.4) is 0 Å². The van der Waals surface area contributed by atoms with Crippen molar-refractivity contribution in [2.45, 2.75) is 6.54 Å². The minimum Gasteiger partial charge on any atom is -0.354 e. The normalized spacial score (nSPS) is 11.1. The zero-order chi connectivity index (χ0) is 19.0. The van der Waals surface area contributed by atoms with Gasteiger partial charge in [-0.05, 0) is 23.8 Å². The van der Waals surface area contributed by atoms with Gasteiger partial charge in [0.1, 0.15) is 11.2 Å². The van der Waals surface area contributed by atoms with Crippen molar-refractivity contribution in [2.75, 3.05) is 24.3 Å². The number of fused-ring (bicyclic) bond motifs is 1. The van der Waals surface area contributed by atoms with Gasteiger partial charge in [0.15, 0.2) is 5.13 Å². The van der Waals surface area contributed by atoms with Crippen LogP contribution >= 0.6 is 38.6 Å². The maximum Gasteiger partial charge on any atom is 0.268 e. The first-order valence-corrected chi connectivity index (χ1v) is 10.4. The Labute approximate surface area is 171 Å². The number of halogens is 1. The summed E-state index contributed by atoms with van der Waals surface area (Å²) in [6, 6.07) is 9.84. The van der Waals surface area contributed by atoms with Gasteiger partial charge in [0.2, 0.25) is 5.95 Å². The Morgan fingerprint density at radius 2 is 2.04 bits per heavy atom. The summed E-state index contributed by atoms with van der Waals surface area (Å²) in [5.74, 6) is 0.0637. The highest BCUT2D eigenvalue weighted by atomic mass is 79.9. The zero-order valence-corrected chi connectivity index (χ0v) is 17.7. The minimum atomic E-state index is -0.224. The molecule has 0 aliphatic heterocycles. The lowest BCUT2D eigenvalue weighted by atomic mass is 10.2. The predicted octanol–water partition coefficient (Wildman–Crippen LogP) is 4.08. The number of thiazole rings is 1. The van der Waals surface area contributed by atoms with Crippen LogP contribution in [0, 0.1) is 0 Å². The number of carbonyl (C=O) groups is 1. The molecule has 27 heavy (non-hydrogen) atoms. The summed E-state index contributed by atoms with van der Waals surface area (Å²) in [6.45, 7) is 0.585. The molecule has 0 radical (unpaired) electrons. The van der Waals surface area contributed by atoms with E-state index in [0.29, 0.717) is 11.4 Å². The molecule has 0 saturated carbocycles. The molecule has 10 heteroatoms. The number of carbonyl (C=O) groups excluding carboxylic acids is 1. The van der Waals surface area contributed by atoms with Crippen LogP contribution in [0.1, 0.15) is 15.2 Å². The van der Waals surface area contributed by atoms with Crippen molar-refractivity contribution in [1.82, 2.24) is 19.7 Å². The van der Waals surface area contributed by atoms with Crippen molar-refractivity contribution in [3.8, 4) is 0 Å². The van der Waals surface area contributed by atoms with Crippen LogP contribution < -0.4 is 10.2 Å². The summed E-state index contributed by atoms with van der Waals surface area (Å²) in [7, 11) is 3.90. The van der Waals surface area contributed by atoms with Crippen LogP contribution in [0.25, 0.3) is 9.53 Å². The molecule has 4 rings (SSSR count). The molecule has 0 atom stereocenters. The van der Waals surface area contributed by atoms with Crippen molar-refractivity contribution in [3.05, 3.63) is 51.6 Å². The molecule has 0 aliphatic rings. The summed E-state index contributed by atoms with van der Waals surface area (Å²) in [5, 5.41) is 8.00. The summed E-state index contributed by atoms with van der Waals surface area (Å²) in [4.78, 5) is 24.6. The number of hydrogen-bond donors (Lipinski definition) is 1. The molecular weight excluding hydrogens is 448 g/mol. The Kier molecular flexibility index (Phi) is 4.94. The highest BCUT2D eigenvalue weighted by Crippen LogP contribution is 2.34. The first-order valence-electron chi connectivity index (χ1n) is 8.01. The molecule has 1 aromatic carbocycles. The van der Waals surface area contributed by atoms with Crippen molar-refractivity contribution in [3.63, 3.8) is 0 Å². The monoisotopic (exact) mass is 462 g/mol. The molecule has 3 aromatic heterocycles. The summed E-state index contributed by atoms with van der Waals surface area (Å²) < 4.78 is 3.72. The second kappa shape index (κ2) is 7.37. The molecule has 0 bridgehead atoms. The number of anilines is 2. The first-order chi connectivity index (χ1) is 13.0. The molecule has 0 spiro atoms. The molecule has 0 unspecified atom stereocenters. The highest BCUT2D eigenvalue weighted by molar-refractivity contribution is 9.10. The number of hydrogen-bond acceptors (Lipinski definition) is 7. The molecule has 4 aromatic rings. The van der Waals surface area contributed by atoms with E-state index in [2.05, 4.69) is 36.3 Å². The van der Waals surface area contributed by atoms with Gasteiger partial charge in [-0.15, -0.1) is 16.4 Å². The standard InChI is InChI=1S/C17H15BrN6OS2/c1-23(2)17-21-15-13(27-17)7-12(26-15)14(25)20-16-19-9-24(22-16)8-10-3-5-11(18)6-4-10/h3-7,9H,8H2,1-2H3,(H,20,22,25). The quantitative estimate of drug-likeness (QED) is 0.483. The average molecular weight is 463 g/mol. The van der Waals surface area contributed by atoms with E-state index in [1.807, 2.05) is 49.3 Å². The number of thiophene rings is 1. The Bertz CT molecular complexity index is 1070. The lowest BCUT2D eigenvalue weighted by Gasteiger charge is -2.04. The van der Waals surface area contributed by atoms with Crippen LogP contribution in [0.5, 0.6) is 0 Å². The van der Waals surface area contributed by atoms with Crippen molar-refractivity contribution >= 4 is 65.1 Å². The van der Waals surface area contributed by atoms with Crippen LogP contribution in [-0.2, 0) is 6.54 Å². The van der Waals surface area contributed by atoms with Crippen molar-refractivity contribution in [2.24, 2.45) is 0 Å². The van der Waals surface area contributed by atoms with E-state index in [0.717, 1.165) is 24.7 Å². The highest BCUT2D eigenvalue weighted by Gasteiger charge is 2.16. The Hall–Kier alpha value is -2.30. The summed E-state index contributed by atoms with van der Waals surface area (Å²) >= 11 is 6.35. The first kappa shape index (κ1) is 18.1. The fraction of sp³-hybridized carbons (Fsp3) is 0.176. The van der Waals surface area contributed by atoms with E-state index in [-0.39, 0.29) is 11.9 Å². The second-order valence-corrected chi connectivity index (χ2v) is 8.97. The molecule has 1 N–H and O–H groups in total. The summed E-state index contributed by atoms with van der Waals surface area (Å²) in [6.07, 6.45) is 1.61. The number of rotatable bonds is 5. The third-order valence-corrected chi connectivity index (χ3v) is 6.56. The van der Waals surface area contributed by atoms with E-state index in [1.165, 1.54) is 11.3 Å². The molecule has 7 nitrogen and oxygen atoms in total. The predicted molar refractivity (Wildman–Crippen MR) is 113 cm³/mol. The third kappa shape index (κ3) is 4.02. The van der Waals surface area contributed by atoms with Crippen molar-refractivity contribution in [1.29, 1.82) is 0 Å². The lowest BCUT2D eigenvalue weighted by molar-refractivity contribution is 0.102. The minimum absolute atomic E-state index is 0.224. The SMILES string of the molecule is CN(C)c1nc2sc(C(=O)Nc3ncn(Cc4ccc(Br)cc4)n3)cc2s1. The Morgan fingerprint density at radius 1 is 1.26 bits per heavy atom. The van der Waals surface area contributed by atoms with Gasteiger partial charge in [-0.1, -0.05) is 39.4 Å². The van der Waals surface area contributed by atoms with Gasteiger partial charge in [0.25, 0.3) is 5.91 Å². The molecular formula is C17H15BrN6OS2. The lowest BCUT2D eigenvalue weighted by Crippen LogP contribution is -2.12. The van der Waals surface area contributed by atoms with E-state index in [9.17, 15) is 4.79 Å². The van der Waals surface area contributed by atoms with Gasteiger partial charge < -0.3 is 4.90 Å². The molecule has 0 saturated heterocycles. The van der Waals surface area contributed by atoms with Gasteiger partial charge in [-0.3, -0.25) is 10.1 Å². The number of nitrogens with zero attached hydrogens (tertiary/aromatic N) is 5. The van der Waals surface area contributed by atoms with Gasteiger partial charge in [-0.25, -0.2) is 14.6 Å². The van der Waals surface area contributed by atoms with Crippen LogP contribution in [0.15, 0.2) is 41.1 Å². The van der Waals surface area contributed by atoms with E-state index >= 15 is 0 Å². The fourth-order valence-corrected chi connectivity index (χ4v) is 4.69. The fourth-order valence-electron chi connectivity index (χ4n) is 2.40. The smallest absolute Gasteiger partial charge is 0.268 e. The largest absolute Gasteiger partial charge is 0.354 e. The summed E-state index contributed by atoms with van der Waals surface area (Å²) in [5.41, 5.74) is 1.10. The number of benzene rings is 1. The van der Waals surface area contributed by atoms with Crippen LogP contribution in [0.2, 0.25) is 0 Å². The molecule has 138 valence electrons. The van der Waals surface area contributed by atoms with Crippen LogP contribution in [-0.4, -0.2) is 39.8 Å². The van der Waals surface area contributed by atoms with E-state index in [1.54, 1.807) is 22.3 Å². The molecule has 1 amide bonds. The van der Waals surface area contributed by atoms with E-state index in [4.69, 9.17) is 0 Å². The van der Waals surface area contributed by atoms with Crippen LogP contribution in [0.4, 0.5) is 11.1 Å². The Morgan fingerprint density at radius 3 is 2.74 bits per heavy atom. The number of amides is 1. The molecule has 3 heterocycles. The zero-order valence-electron chi connectivity index (χ0n) is 14.5. The maximum absolute atomic E-state index is 12.5. The van der Waals surface area contributed by atoms with Crippen molar-refractivity contribution < 1.29 is 4.79 Å². The van der Waals surface area contributed by atoms with Gasteiger partial charge >= 0.3 is 0 Å². The second-order valence-electron chi connectivity index (χ2n) is 6.02. The number of aromatic nitrogens is 4. The average Bonchev–Trinajstić information content (AvgIpc) is 3.31. The van der Waals surface area contributed by atoms with E-state index < -0.39 is 0 Å². The third-order valence-electron chi connectivity index (χ3n) is 3.70. The topological polar surface area (TPSA) is 75.9 Å². The molecule has 0 fully saturated rings. The molecule has 0 aliphatic carbocycles. The van der Waals surface area contributed by atoms with Gasteiger partial charge in [0, 0.05) is 18.6 Å². The maximum atomic E-state index is 12.5. The van der Waals surface area contributed by atoms with Gasteiger partial charge in [-0.2, -0.15) is 0 Å². The number of nitrogens with one attached hydrogen (secondary N) is 1.